The van der Waals surface area contributed by atoms with Crippen molar-refractivity contribution >= 4 is 28.9 Å². The van der Waals surface area contributed by atoms with Crippen LogP contribution < -0.4 is 4.90 Å². The van der Waals surface area contributed by atoms with Gasteiger partial charge in [-0.2, -0.15) is 0 Å². The maximum Gasteiger partial charge on any atom is 0.417 e. The predicted octanol–water partition coefficient (Wildman–Crippen LogP) is 5.91. The molecule has 1 saturated heterocycles. The molecule has 9 nitrogen and oxygen atoms in total. The molecule has 0 spiro atoms. The number of rotatable bonds is 6. The standard InChI is InChI=1S/C32H38N6O3/c1-19-13-22(10-11-26(19)31(39)36(6)7)27-18-38(32(40)41)30-29(27)34-28(17-33-30)24-14-23(21(3)35(4)5)15-25(16-24)37-12-8-9-20(37)2/h10-11,13-18,20-21H,8-9,12H2,1-7H3,(H,40,41)/t20-,21?/m1/s1. The monoisotopic (exact) mass is 554 g/mol. The van der Waals surface area contributed by atoms with Gasteiger partial charge < -0.3 is 19.8 Å². The highest BCUT2D eigenvalue weighted by molar-refractivity contribution is 5.99. The van der Waals surface area contributed by atoms with Gasteiger partial charge in [-0.15, -0.1) is 0 Å². The van der Waals surface area contributed by atoms with Gasteiger partial charge in [0.2, 0.25) is 0 Å². The zero-order chi connectivity index (χ0) is 29.6. The molecule has 2 aromatic carbocycles. The molecule has 1 aliphatic rings. The van der Waals surface area contributed by atoms with Crippen molar-refractivity contribution in [3.05, 3.63) is 65.5 Å². The van der Waals surface area contributed by atoms with E-state index in [4.69, 9.17) is 4.98 Å². The van der Waals surface area contributed by atoms with Crippen LogP contribution in [0.1, 0.15) is 54.2 Å². The number of amides is 1. The molecule has 214 valence electrons. The number of carboxylic acid groups (broad SMARTS) is 1. The number of fused-ring (bicyclic) bond motifs is 1. The molecule has 0 bridgehead atoms. The molecule has 1 aliphatic heterocycles. The van der Waals surface area contributed by atoms with Crippen LogP contribution in [0, 0.1) is 6.92 Å². The molecule has 1 N–H and O–H groups in total. The normalized spacial score (nSPS) is 16.0. The summed E-state index contributed by atoms with van der Waals surface area (Å²) in [6.45, 7) is 7.35. The first-order valence-electron chi connectivity index (χ1n) is 14.0. The summed E-state index contributed by atoms with van der Waals surface area (Å²) in [5, 5.41) is 9.93. The van der Waals surface area contributed by atoms with Crippen LogP contribution in [0.3, 0.4) is 0 Å². The van der Waals surface area contributed by atoms with Crippen molar-refractivity contribution in [2.75, 3.05) is 39.6 Å². The van der Waals surface area contributed by atoms with Gasteiger partial charge in [-0.25, -0.2) is 19.3 Å². The molecular weight excluding hydrogens is 516 g/mol. The highest BCUT2D eigenvalue weighted by Gasteiger charge is 2.24. The molecule has 4 aromatic rings. The lowest BCUT2D eigenvalue weighted by atomic mass is 9.99. The lowest BCUT2D eigenvalue weighted by Crippen LogP contribution is -2.26. The number of hydrogen-bond donors (Lipinski definition) is 1. The van der Waals surface area contributed by atoms with Gasteiger partial charge in [0.05, 0.1) is 11.9 Å². The van der Waals surface area contributed by atoms with E-state index in [0.717, 1.165) is 33.5 Å². The van der Waals surface area contributed by atoms with Gasteiger partial charge in [0.1, 0.15) is 5.52 Å². The molecule has 2 aromatic heterocycles. The maximum absolute atomic E-state index is 12.6. The third-order valence-electron chi connectivity index (χ3n) is 8.25. The summed E-state index contributed by atoms with van der Waals surface area (Å²) in [5.41, 5.74) is 7.56. The number of aromatic nitrogens is 3. The molecule has 0 aliphatic carbocycles. The van der Waals surface area contributed by atoms with E-state index < -0.39 is 6.09 Å². The number of aryl methyl sites for hydroxylation is 1. The molecule has 5 rings (SSSR count). The number of nitrogens with zero attached hydrogens (tertiary/aromatic N) is 6. The van der Waals surface area contributed by atoms with Crippen LogP contribution in [0.5, 0.6) is 0 Å². The fourth-order valence-electron chi connectivity index (χ4n) is 5.60. The molecule has 1 fully saturated rings. The number of benzene rings is 2. The molecular formula is C32H38N6O3. The first-order valence-corrected chi connectivity index (χ1v) is 14.0. The second-order valence-corrected chi connectivity index (χ2v) is 11.5. The Morgan fingerprint density at radius 1 is 1.07 bits per heavy atom. The fourth-order valence-corrected chi connectivity index (χ4v) is 5.60. The molecule has 2 atom stereocenters. The van der Waals surface area contributed by atoms with Crippen LogP contribution in [-0.2, 0) is 0 Å². The average Bonchev–Trinajstić information content (AvgIpc) is 3.55. The summed E-state index contributed by atoms with van der Waals surface area (Å²) in [6.07, 6.45) is 4.42. The van der Waals surface area contributed by atoms with Gasteiger partial charge >= 0.3 is 6.09 Å². The number of carbonyl (C=O) groups excluding carboxylic acids is 1. The molecule has 0 radical (unpaired) electrons. The maximum atomic E-state index is 12.6. The van der Waals surface area contributed by atoms with Crippen molar-refractivity contribution in [2.45, 2.75) is 45.7 Å². The Hall–Kier alpha value is -4.24. The lowest BCUT2D eigenvalue weighted by molar-refractivity contribution is 0.0827. The van der Waals surface area contributed by atoms with E-state index >= 15 is 0 Å². The van der Waals surface area contributed by atoms with Gasteiger partial charge in [0.25, 0.3) is 5.91 Å². The minimum atomic E-state index is -1.13. The van der Waals surface area contributed by atoms with Gasteiger partial charge in [-0.05, 0) is 88.7 Å². The fraction of sp³-hybridized carbons (Fsp3) is 0.375. The molecule has 0 saturated carbocycles. The van der Waals surface area contributed by atoms with Crippen LogP contribution in [0.25, 0.3) is 33.5 Å². The second kappa shape index (κ2) is 11.0. The van der Waals surface area contributed by atoms with Crippen molar-refractivity contribution in [1.82, 2.24) is 24.3 Å². The van der Waals surface area contributed by atoms with Crippen molar-refractivity contribution in [2.24, 2.45) is 0 Å². The van der Waals surface area contributed by atoms with E-state index in [1.165, 1.54) is 18.4 Å². The van der Waals surface area contributed by atoms with Crippen LogP contribution in [0.15, 0.2) is 48.8 Å². The quantitative estimate of drug-likeness (QED) is 0.316. The Balaban J connectivity index is 1.67. The number of hydrogen-bond acceptors (Lipinski definition) is 6. The highest BCUT2D eigenvalue weighted by Crippen LogP contribution is 2.36. The predicted molar refractivity (Wildman–Crippen MR) is 163 cm³/mol. The Kier molecular flexibility index (Phi) is 7.57. The minimum Gasteiger partial charge on any atom is -0.464 e. The molecule has 3 heterocycles. The average molecular weight is 555 g/mol. The summed E-state index contributed by atoms with van der Waals surface area (Å²) < 4.78 is 1.11. The number of carbonyl (C=O) groups is 2. The van der Waals surface area contributed by atoms with E-state index in [2.05, 4.69) is 60.9 Å². The van der Waals surface area contributed by atoms with Gasteiger partial charge in [-0.1, -0.05) is 12.1 Å². The van der Waals surface area contributed by atoms with Crippen molar-refractivity contribution in [3.8, 4) is 22.4 Å². The third kappa shape index (κ3) is 5.29. The van der Waals surface area contributed by atoms with E-state index in [0.29, 0.717) is 28.4 Å². The van der Waals surface area contributed by atoms with Gasteiger partial charge in [0, 0.05) is 61.3 Å². The number of anilines is 1. The van der Waals surface area contributed by atoms with Crippen LogP contribution in [-0.4, -0.2) is 82.2 Å². The van der Waals surface area contributed by atoms with E-state index in [1.54, 1.807) is 37.5 Å². The molecule has 9 heteroatoms. The van der Waals surface area contributed by atoms with Crippen LogP contribution in [0.2, 0.25) is 0 Å². The lowest BCUT2D eigenvalue weighted by Gasteiger charge is -2.27. The van der Waals surface area contributed by atoms with E-state index in [9.17, 15) is 14.7 Å². The van der Waals surface area contributed by atoms with Crippen LogP contribution >= 0.6 is 0 Å². The van der Waals surface area contributed by atoms with Crippen LogP contribution in [0.4, 0.5) is 10.5 Å². The molecule has 1 unspecified atom stereocenters. The smallest absolute Gasteiger partial charge is 0.417 e. The SMILES string of the molecule is Cc1cc(-c2cn(C(=O)O)c3ncc(-c4cc(C(C)N(C)C)cc(N5CCC[C@H]5C)c4)nc23)ccc1C(=O)N(C)C. The zero-order valence-electron chi connectivity index (χ0n) is 24.8. The molecule has 1 amide bonds. The summed E-state index contributed by atoms with van der Waals surface area (Å²) in [4.78, 5) is 40.5. The summed E-state index contributed by atoms with van der Waals surface area (Å²) in [6, 6.07) is 12.8. The van der Waals surface area contributed by atoms with E-state index in [1.807, 2.05) is 19.1 Å². The highest BCUT2D eigenvalue weighted by atomic mass is 16.4. The summed E-state index contributed by atoms with van der Waals surface area (Å²) in [5.74, 6) is -0.0842. The summed E-state index contributed by atoms with van der Waals surface area (Å²) >= 11 is 0. The topological polar surface area (TPSA) is 94.8 Å². The Morgan fingerprint density at radius 3 is 2.44 bits per heavy atom. The Bertz CT molecular complexity index is 1640. The van der Waals surface area contributed by atoms with Gasteiger partial charge in [0.15, 0.2) is 5.65 Å². The van der Waals surface area contributed by atoms with Crippen molar-refractivity contribution in [3.63, 3.8) is 0 Å². The first-order chi connectivity index (χ1) is 19.5. The third-order valence-corrected chi connectivity index (χ3v) is 8.25. The van der Waals surface area contributed by atoms with Crippen molar-refractivity contribution in [1.29, 1.82) is 0 Å². The largest absolute Gasteiger partial charge is 0.464 e. The molecule has 41 heavy (non-hydrogen) atoms. The Labute approximate surface area is 241 Å². The van der Waals surface area contributed by atoms with Crippen molar-refractivity contribution < 1.29 is 14.7 Å². The van der Waals surface area contributed by atoms with E-state index in [-0.39, 0.29) is 17.6 Å². The van der Waals surface area contributed by atoms with Gasteiger partial charge in [-0.3, -0.25) is 4.79 Å². The Morgan fingerprint density at radius 2 is 1.83 bits per heavy atom. The first kappa shape index (κ1) is 28.3. The second-order valence-electron chi connectivity index (χ2n) is 11.5. The summed E-state index contributed by atoms with van der Waals surface area (Å²) in [7, 11) is 7.58. The minimum absolute atomic E-state index is 0.0842. The zero-order valence-corrected chi connectivity index (χ0v) is 24.8.